The number of rotatable bonds is 4. The average molecular weight is 402 g/mol. The van der Waals surface area contributed by atoms with Crippen LogP contribution < -0.4 is 4.90 Å². The highest BCUT2D eigenvalue weighted by Gasteiger charge is 2.23. The van der Waals surface area contributed by atoms with Gasteiger partial charge in [0.25, 0.3) is 0 Å². The highest BCUT2D eigenvalue weighted by Crippen LogP contribution is 2.17. The lowest BCUT2D eigenvalue weighted by Crippen LogP contribution is -2.49. The van der Waals surface area contributed by atoms with Gasteiger partial charge in [0.2, 0.25) is 5.91 Å². The Kier molecular flexibility index (Phi) is 4.62. The summed E-state index contributed by atoms with van der Waals surface area (Å²) in [4.78, 5) is 30.0. The molecule has 0 spiro atoms. The van der Waals surface area contributed by atoms with Gasteiger partial charge in [-0.3, -0.25) is 4.79 Å². The van der Waals surface area contributed by atoms with Crippen molar-refractivity contribution in [2.45, 2.75) is 13.5 Å². The molecule has 9 nitrogen and oxygen atoms in total. The lowest BCUT2D eigenvalue weighted by atomic mass is 10.3. The number of hydrogen-bond acceptors (Lipinski definition) is 6. The first-order valence-electron chi connectivity index (χ1n) is 9.95. The molecule has 1 saturated heterocycles. The van der Waals surface area contributed by atoms with Gasteiger partial charge < -0.3 is 14.4 Å². The number of anilines is 1. The standard InChI is InChI=1S/C21H22N8O/c1-16-6-7-29(25-16)20-12-19(22-14-23-20)26-8-10-27(11-9-26)21(30)13-28-15-24-17-4-2-3-5-18(17)28/h2-7,12,14-15H,8-11,13H2,1H3. The molecule has 1 amide bonds. The van der Waals surface area contributed by atoms with Gasteiger partial charge in [0, 0.05) is 38.4 Å². The van der Waals surface area contributed by atoms with Crippen LogP contribution in [0, 0.1) is 6.92 Å². The maximum absolute atomic E-state index is 12.8. The molecule has 3 aromatic heterocycles. The summed E-state index contributed by atoms with van der Waals surface area (Å²) < 4.78 is 3.66. The van der Waals surface area contributed by atoms with Crippen LogP contribution >= 0.6 is 0 Å². The Morgan fingerprint density at radius 1 is 1.00 bits per heavy atom. The molecule has 1 aliphatic heterocycles. The lowest BCUT2D eigenvalue weighted by Gasteiger charge is -2.35. The van der Waals surface area contributed by atoms with Crippen LogP contribution in [0.25, 0.3) is 16.9 Å². The largest absolute Gasteiger partial charge is 0.353 e. The van der Waals surface area contributed by atoms with Crippen molar-refractivity contribution in [2.75, 3.05) is 31.1 Å². The van der Waals surface area contributed by atoms with Gasteiger partial charge in [-0.25, -0.2) is 19.6 Å². The van der Waals surface area contributed by atoms with Crippen LogP contribution in [0.15, 0.2) is 55.2 Å². The summed E-state index contributed by atoms with van der Waals surface area (Å²) in [5.41, 5.74) is 2.82. The molecule has 5 rings (SSSR count). The van der Waals surface area contributed by atoms with Gasteiger partial charge in [0.05, 0.1) is 23.1 Å². The summed E-state index contributed by atoms with van der Waals surface area (Å²) in [6, 6.07) is 11.7. The van der Waals surface area contributed by atoms with Crippen LogP contribution in [0.2, 0.25) is 0 Å². The molecule has 1 fully saturated rings. The first-order valence-corrected chi connectivity index (χ1v) is 9.95. The smallest absolute Gasteiger partial charge is 0.242 e. The molecule has 1 aromatic carbocycles. The van der Waals surface area contributed by atoms with Crippen LogP contribution in [0.1, 0.15) is 5.69 Å². The van der Waals surface area contributed by atoms with Crippen molar-refractivity contribution in [2.24, 2.45) is 0 Å². The fourth-order valence-electron chi connectivity index (χ4n) is 3.75. The van der Waals surface area contributed by atoms with E-state index in [9.17, 15) is 4.79 Å². The van der Waals surface area contributed by atoms with E-state index in [-0.39, 0.29) is 5.91 Å². The number of piperazine rings is 1. The molecule has 4 aromatic rings. The van der Waals surface area contributed by atoms with Crippen molar-refractivity contribution < 1.29 is 4.79 Å². The molecule has 4 heterocycles. The Bertz CT molecular complexity index is 1190. The van der Waals surface area contributed by atoms with Gasteiger partial charge in [-0.2, -0.15) is 5.10 Å². The molecule has 0 saturated carbocycles. The number of aromatic nitrogens is 6. The summed E-state index contributed by atoms with van der Waals surface area (Å²) in [6.45, 7) is 5.02. The van der Waals surface area contributed by atoms with Crippen LogP contribution in [-0.2, 0) is 11.3 Å². The third-order valence-corrected chi connectivity index (χ3v) is 5.38. The number of para-hydroxylation sites is 2. The normalized spacial score (nSPS) is 14.4. The predicted molar refractivity (Wildman–Crippen MR) is 112 cm³/mol. The zero-order valence-electron chi connectivity index (χ0n) is 16.7. The molecule has 0 N–H and O–H groups in total. The number of benzene rings is 1. The quantitative estimate of drug-likeness (QED) is 0.516. The molecule has 1 aliphatic rings. The molecule has 0 atom stereocenters. The summed E-state index contributed by atoms with van der Waals surface area (Å²) in [5, 5.41) is 4.41. The Morgan fingerprint density at radius 3 is 2.60 bits per heavy atom. The SMILES string of the molecule is Cc1ccn(-c2cc(N3CCN(C(=O)Cn4cnc5ccccc54)CC3)ncn2)n1. The average Bonchev–Trinajstić information content (AvgIpc) is 3.40. The third kappa shape index (κ3) is 3.49. The Hall–Kier alpha value is -3.75. The van der Waals surface area contributed by atoms with Gasteiger partial charge in [0.15, 0.2) is 5.82 Å². The van der Waals surface area contributed by atoms with E-state index in [4.69, 9.17) is 0 Å². The molecule has 0 bridgehead atoms. The van der Waals surface area contributed by atoms with Crippen molar-refractivity contribution in [1.82, 2.24) is 34.2 Å². The molecular weight excluding hydrogens is 380 g/mol. The van der Waals surface area contributed by atoms with Crippen molar-refractivity contribution in [3.05, 3.63) is 60.9 Å². The first-order chi connectivity index (χ1) is 14.7. The van der Waals surface area contributed by atoms with E-state index in [1.165, 1.54) is 0 Å². The van der Waals surface area contributed by atoms with Crippen LogP contribution in [-0.4, -0.2) is 66.3 Å². The van der Waals surface area contributed by atoms with E-state index in [2.05, 4.69) is 25.0 Å². The van der Waals surface area contributed by atoms with E-state index >= 15 is 0 Å². The monoisotopic (exact) mass is 402 g/mol. The maximum atomic E-state index is 12.8. The molecule has 152 valence electrons. The second kappa shape index (κ2) is 7.58. The van der Waals surface area contributed by atoms with E-state index in [0.29, 0.717) is 19.6 Å². The molecular formula is C21H22N8O. The van der Waals surface area contributed by atoms with Crippen LogP contribution in [0.5, 0.6) is 0 Å². The second-order valence-corrected chi connectivity index (χ2v) is 7.37. The number of carbonyl (C=O) groups excluding carboxylic acids is 1. The third-order valence-electron chi connectivity index (χ3n) is 5.38. The fourth-order valence-corrected chi connectivity index (χ4v) is 3.75. The molecule has 0 radical (unpaired) electrons. The van der Waals surface area contributed by atoms with Gasteiger partial charge in [-0.1, -0.05) is 12.1 Å². The summed E-state index contributed by atoms with van der Waals surface area (Å²) >= 11 is 0. The Labute approximate surface area is 173 Å². The number of hydrogen-bond donors (Lipinski definition) is 0. The second-order valence-electron chi connectivity index (χ2n) is 7.37. The first kappa shape index (κ1) is 18.3. The maximum Gasteiger partial charge on any atom is 0.242 e. The summed E-state index contributed by atoms with van der Waals surface area (Å²) in [5.74, 6) is 1.69. The van der Waals surface area contributed by atoms with Crippen molar-refractivity contribution >= 4 is 22.8 Å². The van der Waals surface area contributed by atoms with E-state index in [0.717, 1.165) is 41.5 Å². The van der Waals surface area contributed by atoms with E-state index < -0.39 is 0 Å². The minimum absolute atomic E-state index is 0.105. The van der Waals surface area contributed by atoms with Crippen LogP contribution in [0.3, 0.4) is 0 Å². The molecule has 30 heavy (non-hydrogen) atoms. The van der Waals surface area contributed by atoms with Crippen molar-refractivity contribution in [1.29, 1.82) is 0 Å². The zero-order valence-corrected chi connectivity index (χ0v) is 16.7. The zero-order chi connectivity index (χ0) is 20.5. The minimum atomic E-state index is 0.105. The Morgan fingerprint density at radius 2 is 1.80 bits per heavy atom. The van der Waals surface area contributed by atoms with Crippen molar-refractivity contribution in [3.63, 3.8) is 0 Å². The number of imidazole rings is 1. The van der Waals surface area contributed by atoms with E-state index in [1.54, 1.807) is 17.3 Å². The number of aryl methyl sites for hydroxylation is 1. The molecule has 0 aliphatic carbocycles. The summed E-state index contributed by atoms with van der Waals surface area (Å²) in [7, 11) is 0. The van der Waals surface area contributed by atoms with Gasteiger partial charge in [0.1, 0.15) is 18.7 Å². The lowest BCUT2D eigenvalue weighted by molar-refractivity contribution is -0.132. The van der Waals surface area contributed by atoms with Crippen molar-refractivity contribution in [3.8, 4) is 5.82 Å². The number of amides is 1. The summed E-state index contributed by atoms with van der Waals surface area (Å²) in [6.07, 6.45) is 5.18. The molecule has 9 heteroatoms. The minimum Gasteiger partial charge on any atom is -0.353 e. The highest BCUT2D eigenvalue weighted by atomic mass is 16.2. The number of fused-ring (bicyclic) bond motifs is 1. The Balaban J connectivity index is 1.23. The number of nitrogens with zero attached hydrogens (tertiary/aromatic N) is 8. The van der Waals surface area contributed by atoms with Crippen LogP contribution in [0.4, 0.5) is 5.82 Å². The van der Waals surface area contributed by atoms with Gasteiger partial charge in [-0.15, -0.1) is 0 Å². The fraction of sp³-hybridized carbons (Fsp3) is 0.286. The molecule has 0 unspecified atom stereocenters. The topological polar surface area (TPSA) is 85.0 Å². The number of carbonyl (C=O) groups is 1. The highest BCUT2D eigenvalue weighted by molar-refractivity contribution is 5.80. The van der Waals surface area contributed by atoms with Gasteiger partial charge in [-0.05, 0) is 25.1 Å². The predicted octanol–water partition coefficient (Wildman–Crippen LogP) is 1.67. The van der Waals surface area contributed by atoms with E-state index in [1.807, 2.05) is 59.0 Å². The van der Waals surface area contributed by atoms with Gasteiger partial charge >= 0.3 is 0 Å².